The van der Waals surface area contributed by atoms with Crippen molar-refractivity contribution in [3.8, 4) is 11.5 Å². The quantitative estimate of drug-likeness (QED) is 0.460. The summed E-state index contributed by atoms with van der Waals surface area (Å²) in [5.74, 6) is 0.457. The molecule has 1 N–H and O–H groups in total. The maximum Gasteiger partial charge on any atom is 0.277 e. The van der Waals surface area contributed by atoms with Crippen molar-refractivity contribution in [2.75, 3.05) is 5.32 Å². The molecule has 9 heteroatoms. The number of anilines is 1. The van der Waals surface area contributed by atoms with Gasteiger partial charge in [0.15, 0.2) is 11.5 Å². The van der Waals surface area contributed by atoms with Crippen LogP contribution in [0, 0.1) is 13.8 Å². The number of carbonyl (C=O) groups excluding carboxylic acids is 1. The van der Waals surface area contributed by atoms with Crippen LogP contribution in [0.5, 0.6) is 0 Å². The molecule has 0 saturated heterocycles. The smallest absolute Gasteiger partial charge is 0.277 e. The monoisotopic (exact) mass is 430 g/mol. The van der Waals surface area contributed by atoms with Gasteiger partial charge in [0.2, 0.25) is 5.76 Å². The molecule has 0 bridgehead atoms. The van der Waals surface area contributed by atoms with Gasteiger partial charge in [-0.2, -0.15) is 5.10 Å². The lowest BCUT2D eigenvalue weighted by Crippen LogP contribution is -2.13. The molecule has 7 nitrogen and oxygen atoms in total. The number of furan rings is 1. The molecule has 0 aliphatic carbocycles. The third-order valence-electron chi connectivity index (χ3n) is 4.50. The Labute approximate surface area is 176 Å². The Balaban J connectivity index is 1.56. The number of hydrogen-bond acceptors (Lipinski definition) is 5. The number of nitrogens with one attached hydrogen (secondary N) is 1. The molecule has 0 atom stereocenters. The van der Waals surface area contributed by atoms with Gasteiger partial charge in [-0.15, -0.1) is 0 Å². The SMILES string of the molecule is Cc1nn(Cc2c(Cl)cccc2Cl)c(C)c1NC(=O)c1cc(-c2ccco2)on1. The summed E-state index contributed by atoms with van der Waals surface area (Å²) in [5, 5.41) is 12.3. The van der Waals surface area contributed by atoms with Gasteiger partial charge in [-0.3, -0.25) is 9.48 Å². The van der Waals surface area contributed by atoms with E-state index in [2.05, 4.69) is 15.6 Å². The van der Waals surface area contributed by atoms with Gasteiger partial charge in [-0.05, 0) is 38.1 Å². The number of benzene rings is 1. The van der Waals surface area contributed by atoms with Crippen LogP contribution in [0.2, 0.25) is 10.0 Å². The van der Waals surface area contributed by atoms with Crippen LogP contribution in [-0.2, 0) is 6.54 Å². The first-order valence-corrected chi connectivity index (χ1v) is 9.48. The van der Waals surface area contributed by atoms with Crippen LogP contribution in [0.3, 0.4) is 0 Å². The van der Waals surface area contributed by atoms with Gasteiger partial charge in [0.1, 0.15) is 0 Å². The molecule has 0 aliphatic rings. The summed E-state index contributed by atoms with van der Waals surface area (Å²) in [7, 11) is 0. The van der Waals surface area contributed by atoms with E-state index in [1.54, 1.807) is 35.0 Å². The van der Waals surface area contributed by atoms with E-state index in [-0.39, 0.29) is 5.69 Å². The van der Waals surface area contributed by atoms with Crippen molar-refractivity contribution in [2.45, 2.75) is 20.4 Å². The van der Waals surface area contributed by atoms with Crippen molar-refractivity contribution in [1.82, 2.24) is 14.9 Å². The van der Waals surface area contributed by atoms with Crippen LogP contribution in [0.25, 0.3) is 11.5 Å². The summed E-state index contributed by atoms with van der Waals surface area (Å²) in [4.78, 5) is 12.6. The summed E-state index contributed by atoms with van der Waals surface area (Å²) >= 11 is 12.5. The van der Waals surface area contributed by atoms with E-state index in [0.717, 1.165) is 11.3 Å². The van der Waals surface area contributed by atoms with E-state index in [0.29, 0.717) is 39.5 Å². The lowest BCUT2D eigenvalue weighted by molar-refractivity contribution is 0.101. The molecule has 0 radical (unpaired) electrons. The Hall–Kier alpha value is -3.03. The van der Waals surface area contributed by atoms with Crippen molar-refractivity contribution in [3.63, 3.8) is 0 Å². The third-order valence-corrected chi connectivity index (χ3v) is 5.20. The Bertz CT molecular complexity index is 1160. The highest BCUT2D eigenvalue weighted by molar-refractivity contribution is 6.36. The van der Waals surface area contributed by atoms with Crippen LogP contribution >= 0.6 is 23.2 Å². The molecule has 0 saturated carbocycles. The molecule has 148 valence electrons. The zero-order valence-corrected chi connectivity index (χ0v) is 17.1. The first kappa shape index (κ1) is 19.3. The minimum absolute atomic E-state index is 0.136. The van der Waals surface area contributed by atoms with E-state index >= 15 is 0 Å². The van der Waals surface area contributed by atoms with Gasteiger partial charge in [0.05, 0.1) is 29.9 Å². The zero-order chi connectivity index (χ0) is 20.5. The van der Waals surface area contributed by atoms with Crippen molar-refractivity contribution >= 4 is 34.8 Å². The fraction of sp³-hybridized carbons (Fsp3) is 0.150. The fourth-order valence-corrected chi connectivity index (χ4v) is 3.48. The van der Waals surface area contributed by atoms with Crippen LogP contribution < -0.4 is 5.32 Å². The molecule has 4 aromatic rings. The Kier molecular flexibility index (Phi) is 5.17. The Morgan fingerprint density at radius 3 is 2.59 bits per heavy atom. The summed E-state index contributed by atoms with van der Waals surface area (Å²) in [6.45, 7) is 4.05. The van der Waals surface area contributed by atoms with Gasteiger partial charge in [-0.1, -0.05) is 34.4 Å². The largest absolute Gasteiger partial charge is 0.461 e. The number of nitrogens with zero attached hydrogens (tertiary/aromatic N) is 3. The normalized spacial score (nSPS) is 11.0. The van der Waals surface area contributed by atoms with Crippen molar-refractivity contribution in [1.29, 1.82) is 0 Å². The number of amides is 1. The summed E-state index contributed by atoms with van der Waals surface area (Å²) < 4.78 is 12.2. The van der Waals surface area contributed by atoms with E-state index in [1.807, 2.05) is 13.8 Å². The minimum atomic E-state index is -0.409. The van der Waals surface area contributed by atoms with E-state index in [9.17, 15) is 4.79 Å². The topological polar surface area (TPSA) is 86.1 Å². The van der Waals surface area contributed by atoms with Gasteiger partial charge < -0.3 is 14.3 Å². The summed E-state index contributed by atoms with van der Waals surface area (Å²) in [6, 6.07) is 10.3. The molecular formula is C20H16Cl2N4O3. The number of aromatic nitrogens is 3. The second-order valence-electron chi connectivity index (χ2n) is 6.41. The number of rotatable bonds is 5. The molecular weight excluding hydrogens is 415 g/mol. The van der Waals surface area contributed by atoms with Crippen molar-refractivity contribution in [2.24, 2.45) is 0 Å². The maximum atomic E-state index is 12.6. The van der Waals surface area contributed by atoms with Gasteiger partial charge in [-0.25, -0.2) is 0 Å². The highest BCUT2D eigenvalue weighted by atomic mass is 35.5. The van der Waals surface area contributed by atoms with Gasteiger partial charge >= 0.3 is 0 Å². The molecule has 0 unspecified atom stereocenters. The number of halogens is 2. The Morgan fingerprint density at radius 2 is 1.90 bits per heavy atom. The standard InChI is InChI=1S/C20H16Cl2N4O3/c1-11-19(12(2)26(24-11)10-13-14(21)5-3-6-15(13)22)23-20(27)16-9-18(29-25-16)17-7-4-8-28-17/h3-9H,10H2,1-2H3,(H,23,27). The van der Waals surface area contributed by atoms with Crippen LogP contribution in [-0.4, -0.2) is 20.8 Å². The number of carbonyl (C=O) groups is 1. The molecule has 1 aromatic carbocycles. The molecule has 29 heavy (non-hydrogen) atoms. The van der Waals surface area contributed by atoms with E-state index in [4.69, 9.17) is 32.1 Å². The molecule has 4 rings (SSSR count). The highest BCUT2D eigenvalue weighted by Crippen LogP contribution is 2.28. The summed E-state index contributed by atoms with van der Waals surface area (Å²) in [6.07, 6.45) is 1.52. The first-order chi connectivity index (χ1) is 13.9. The lowest BCUT2D eigenvalue weighted by Gasteiger charge is -2.09. The number of hydrogen-bond donors (Lipinski definition) is 1. The average Bonchev–Trinajstić information content (AvgIpc) is 3.42. The second-order valence-corrected chi connectivity index (χ2v) is 7.23. The second kappa shape index (κ2) is 7.77. The Morgan fingerprint density at radius 1 is 1.14 bits per heavy atom. The molecule has 3 heterocycles. The third kappa shape index (κ3) is 3.79. The lowest BCUT2D eigenvalue weighted by atomic mass is 10.2. The number of aryl methyl sites for hydroxylation is 1. The molecule has 0 aliphatic heterocycles. The molecule has 3 aromatic heterocycles. The first-order valence-electron chi connectivity index (χ1n) is 8.73. The highest BCUT2D eigenvalue weighted by Gasteiger charge is 2.20. The van der Waals surface area contributed by atoms with Crippen molar-refractivity contribution < 1.29 is 13.7 Å². The zero-order valence-electron chi connectivity index (χ0n) is 15.6. The van der Waals surface area contributed by atoms with Gasteiger partial charge in [0, 0.05) is 21.7 Å². The summed E-state index contributed by atoms with van der Waals surface area (Å²) in [5.41, 5.74) is 2.92. The van der Waals surface area contributed by atoms with Crippen LogP contribution in [0.1, 0.15) is 27.4 Å². The van der Waals surface area contributed by atoms with E-state index in [1.165, 1.54) is 12.3 Å². The van der Waals surface area contributed by atoms with Crippen LogP contribution in [0.4, 0.5) is 5.69 Å². The van der Waals surface area contributed by atoms with Crippen molar-refractivity contribution in [3.05, 3.63) is 75.4 Å². The van der Waals surface area contributed by atoms with Crippen LogP contribution in [0.15, 0.2) is 51.6 Å². The molecule has 1 amide bonds. The maximum absolute atomic E-state index is 12.6. The predicted molar refractivity (Wildman–Crippen MR) is 109 cm³/mol. The molecule has 0 spiro atoms. The van der Waals surface area contributed by atoms with E-state index < -0.39 is 5.91 Å². The average molecular weight is 431 g/mol. The van der Waals surface area contributed by atoms with Gasteiger partial charge in [0.25, 0.3) is 5.91 Å². The predicted octanol–water partition coefficient (Wildman–Crippen LogP) is 5.36. The molecule has 0 fully saturated rings. The minimum Gasteiger partial charge on any atom is -0.461 e. The fourth-order valence-electron chi connectivity index (χ4n) is 2.96.